The van der Waals surface area contributed by atoms with Crippen molar-refractivity contribution < 1.29 is 46.9 Å². The van der Waals surface area contributed by atoms with Crippen molar-refractivity contribution in [2.75, 3.05) is 44.3 Å². The van der Waals surface area contributed by atoms with Crippen LogP contribution in [0.25, 0.3) is 0 Å². The molecule has 2 atom stereocenters. The van der Waals surface area contributed by atoms with Crippen molar-refractivity contribution in [1.82, 2.24) is 10.2 Å². The van der Waals surface area contributed by atoms with Crippen LogP contribution in [0.15, 0.2) is 36.4 Å². The number of aliphatic hydroxyl groups excluding tert-OH is 1. The Bertz CT molecular complexity index is 1320. The number of benzene rings is 2. The number of esters is 2. The molecule has 2 unspecified atom stereocenters. The number of piperidine rings is 1. The maximum absolute atomic E-state index is 12.8. The molecule has 2 aromatic carbocycles. The number of β-amino-alcohol motifs (C(OH)–C–C–N with tert-alkyl or cyclic N) is 1. The Hall–Kier alpha value is -3.26. The van der Waals surface area contributed by atoms with Gasteiger partial charge in [0.2, 0.25) is 0 Å². The number of aliphatic hydroxyl groups is 1. The van der Waals surface area contributed by atoms with Crippen molar-refractivity contribution in [3.8, 4) is 11.5 Å². The summed E-state index contributed by atoms with van der Waals surface area (Å²) in [4.78, 5) is 39.0. The second-order valence-corrected chi connectivity index (χ2v) is 11.0. The number of carbonyl (C=O) groups is 3. The van der Waals surface area contributed by atoms with Crippen LogP contribution < -0.4 is 19.7 Å². The Morgan fingerprint density at radius 1 is 1.02 bits per heavy atom. The van der Waals surface area contributed by atoms with E-state index >= 15 is 0 Å². The molecule has 2 heterocycles. The highest BCUT2D eigenvalue weighted by Crippen LogP contribution is 2.40. The second kappa shape index (κ2) is 14.0. The zero-order valence-corrected chi connectivity index (χ0v) is 24.5. The number of likely N-dealkylation sites (tertiary alicyclic amines) is 1. The molecular formula is C28H30Cl2F3N3O7. The van der Waals surface area contributed by atoms with Crippen LogP contribution in [0.4, 0.5) is 18.9 Å². The van der Waals surface area contributed by atoms with Gasteiger partial charge in [0.25, 0.3) is 5.91 Å². The lowest BCUT2D eigenvalue weighted by molar-refractivity contribution is -0.200. The highest BCUT2D eigenvalue weighted by molar-refractivity contribution is 6.32. The molecular weight excluding hydrogens is 618 g/mol. The Morgan fingerprint density at radius 2 is 1.70 bits per heavy atom. The number of ether oxygens (including phenoxy) is 3. The van der Waals surface area contributed by atoms with Gasteiger partial charge in [-0.05, 0) is 37.1 Å². The van der Waals surface area contributed by atoms with Gasteiger partial charge in [0, 0.05) is 61.9 Å². The molecule has 2 aliphatic rings. The number of halogens is 5. The van der Waals surface area contributed by atoms with E-state index in [4.69, 9.17) is 32.7 Å². The summed E-state index contributed by atoms with van der Waals surface area (Å²) in [5, 5.41) is 14.9. The molecule has 1 amide bonds. The van der Waals surface area contributed by atoms with Gasteiger partial charge in [-0.25, -0.2) is 4.79 Å². The zero-order chi connectivity index (χ0) is 31.3. The summed E-state index contributed by atoms with van der Waals surface area (Å²) in [7, 11) is 0. The lowest BCUT2D eigenvalue weighted by atomic mass is 10.0. The number of hydrogen-bond acceptors (Lipinski definition) is 9. The molecule has 2 fully saturated rings. The van der Waals surface area contributed by atoms with E-state index in [2.05, 4.69) is 10.1 Å². The quantitative estimate of drug-likeness (QED) is 0.238. The molecule has 2 N–H and O–H groups in total. The molecule has 2 aliphatic heterocycles. The van der Waals surface area contributed by atoms with Crippen molar-refractivity contribution in [3.63, 3.8) is 0 Å². The molecule has 2 saturated heterocycles. The Kier molecular flexibility index (Phi) is 10.6. The lowest BCUT2D eigenvalue weighted by Gasteiger charge is -2.34. The van der Waals surface area contributed by atoms with Gasteiger partial charge < -0.3 is 34.4 Å². The third-order valence-electron chi connectivity index (χ3n) is 7.03. The van der Waals surface area contributed by atoms with Crippen molar-refractivity contribution in [2.45, 2.75) is 44.1 Å². The molecule has 0 aliphatic carbocycles. The summed E-state index contributed by atoms with van der Waals surface area (Å²) in [6.45, 7) is 1.70. The first kappa shape index (κ1) is 32.6. The summed E-state index contributed by atoms with van der Waals surface area (Å²) in [6, 6.07) is 9.21. The molecule has 0 spiro atoms. The predicted octanol–water partition coefficient (Wildman–Crippen LogP) is 3.85. The fraction of sp³-hybridized carbons (Fsp3) is 0.464. The highest BCUT2D eigenvalue weighted by Gasteiger charge is 2.41. The van der Waals surface area contributed by atoms with Gasteiger partial charge in [-0.1, -0.05) is 23.2 Å². The smallest absolute Gasteiger partial charge is 0.488 e. The topological polar surface area (TPSA) is 118 Å². The van der Waals surface area contributed by atoms with E-state index in [1.165, 1.54) is 19.1 Å². The summed E-state index contributed by atoms with van der Waals surface area (Å²) >= 11 is 12.2. The molecule has 234 valence electrons. The van der Waals surface area contributed by atoms with Gasteiger partial charge in [-0.15, -0.1) is 0 Å². The van der Waals surface area contributed by atoms with Crippen LogP contribution in [0, 0.1) is 0 Å². The number of alkyl halides is 3. The second-order valence-electron chi connectivity index (χ2n) is 10.1. The molecule has 0 radical (unpaired) electrons. The van der Waals surface area contributed by atoms with Crippen molar-refractivity contribution in [3.05, 3.63) is 52.0 Å². The van der Waals surface area contributed by atoms with Crippen LogP contribution in [0.5, 0.6) is 11.5 Å². The van der Waals surface area contributed by atoms with Crippen LogP contribution in [-0.4, -0.2) is 91.6 Å². The van der Waals surface area contributed by atoms with E-state index in [0.717, 1.165) is 0 Å². The predicted molar refractivity (Wildman–Crippen MR) is 151 cm³/mol. The standard InChI is InChI=1S/C28H30Cl2F3N3O7/c1-16(37)43-25-12-20(30)24(41-10-11-42-27(40)28(31,32)33)13-22(25)36-14-21(23(38)15-36)34-19-6-8-35(9-7-19)26(39)17-2-4-18(29)5-3-17/h2-5,12-13,19,21,23,34,38H,6-11,14-15H2,1H3. The molecule has 4 rings (SSSR count). The Labute approximate surface area is 255 Å². The number of carbonyl (C=O) groups excluding carboxylic acids is 3. The first-order valence-corrected chi connectivity index (χ1v) is 14.2. The van der Waals surface area contributed by atoms with E-state index in [1.807, 2.05) is 0 Å². The number of rotatable bonds is 9. The van der Waals surface area contributed by atoms with Gasteiger partial charge in [0.15, 0.2) is 5.75 Å². The largest absolute Gasteiger partial charge is 0.490 e. The van der Waals surface area contributed by atoms with Gasteiger partial charge in [0.1, 0.15) is 19.0 Å². The average Bonchev–Trinajstić information content (AvgIpc) is 3.30. The molecule has 0 bridgehead atoms. The molecule has 0 aromatic heterocycles. The van der Waals surface area contributed by atoms with Crippen LogP contribution in [-0.2, 0) is 14.3 Å². The average molecular weight is 648 g/mol. The van der Waals surface area contributed by atoms with Crippen molar-refractivity contribution >= 4 is 46.7 Å². The lowest BCUT2D eigenvalue weighted by Crippen LogP contribution is -2.50. The summed E-state index contributed by atoms with van der Waals surface area (Å²) in [5.74, 6) is -2.86. The molecule has 0 saturated carbocycles. The molecule has 15 heteroatoms. The minimum atomic E-state index is -5.12. The molecule has 2 aromatic rings. The maximum Gasteiger partial charge on any atom is 0.490 e. The van der Waals surface area contributed by atoms with E-state index in [-0.39, 0.29) is 41.1 Å². The monoisotopic (exact) mass is 647 g/mol. The number of amides is 1. The van der Waals surface area contributed by atoms with Crippen LogP contribution >= 0.6 is 23.2 Å². The summed E-state index contributed by atoms with van der Waals surface area (Å²) in [6.07, 6.45) is -4.55. The summed E-state index contributed by atoms with van der Waals surface area (Å²) in [5.41, 5.74) is 0.934. The van der Waals surface area contributed by atoms with Gasteiger partial charge in [-0.2, -0.15) is 13.2 Å². The van der Waals surface area contributed by atoms with Crippen molar-refractivity contribution in [1.29, 1.82) is 0 Å². The van der Waals surface area contributed by atoms with Crippen LogP contribution in [0.2, 0.25) is 10.0 Å². The van der Waals surface area contributed by atoms with E-state index in [1.54, 1.807) is 34.1 Å². The Morgan fingerprint density at radius 3 is 2.33 bits per heavy atom. The van der Waals surface area contributed by atoms with E-state index < -0.39 is 37.4 Å². The SMILES string of the molecule is CC(=O)Oc1cc(Cl)c(OCCOC(=O)C(F)(F)F)cc1N1CC(O)C(NC2CCN(C(=O)c3ccc(Cl)cc3)CC2)C1. The fourth-order valence-electron chi connectivity index (χ4n) is 4.96. The first-order valence-electron chi connectivity index (χ1n) is 13.4. The number of anilines is 1. The van der Waals surface area contributed by atoms with E-state index in [0.29, 0.717) is 48.7 Å². The van der Waals surface area contributed by atoms with Crippen molar-refractivity contribution in [2.24, 2.45) is 0 Å². The van der Waals surface area contributed by atoms with Gasteiger partial charge in [-0.3, -0.25) is 9.59 Å². The summed E-state index contributed by atoms with van der Waals surface area (Å²) < 4.78 is 51.9. The van der Waals surface area contributed by atoms with Gasteiger partial charge >= 0.3 is 18.1 Å². The maximum atomic E-state index is 12.8. The van der Waals surface area contributed by atoms with E-state index in [9.17, 15) is 32.7 Å². The number of nitrogens with zero attached hydrogens (tertiary/aromatic N) is 2. The number of nitrogens with one attached hydrogen (secondary N) is 1. The Balaban J connectivity index is 1.37. The third-order valence-corrected chi connectivity index (χ3v) is 7.57. The highest BCUT2D eigenvalue weighted by atomic mass is 35.5. The number of hydrogen-bond donors (Lipinski definition) is 2. The molecule has 10 nitrogen and oxygen atoms in total. The third kappa shape index (κ3) is 8.65. The zero-order valence-electron chi connectivity index (χ0n) is 23.0. The minimum Gasteiger partial charge on any atom is -0.488 e. The fourth-order valence-corrected chi connectivity index (χ4v) is 5.29. The molecule has 43 heavy (non-hydrogen) atoms. The minimum absolute atomic E-state index is 0.0106. The van der Waals surface area contributed by atoms with Crippen LogP contribution in [0.3, 0.4) is 0 Å². The normalized spacial score (nSPS) is 19.3. The van der Waals surface area contributed by atoms with Crippen LogP contribution in [0.1, 0.15) is 30.1 Å². The van der Waals surface area contributed by atoms with Gasteiger partial charge in [0.05, 0.1) is 22.9 Å². The first-order chi connectivity index (χ1) is 20.3.